The summed E-state index contributed by atoms with van der Waals surface area (Å²) in [4.78, 5) is 56.5. The lowest BCUT2D eigenvalue weighted by Gasteiger charge is -2.25. The van der Waals surface area contributed by atoms with Gasteiger partial charge in [-0.2, -0.15) is 24.4 Å². The number of carboxylic acid groups (broad SMARTS) is 1. The number of amides is 3. The van der Waals surface area contributed by atoms with Crippen LogP contribution in [0, 0.1) is 0 Å². The highest BCUT2D eigenvalue weighted by molar-refractivity contribution is 7.98. The van der Waals surface area contributed by atoms with Gasteiger partial charge in [-0.25, -0.2) is 9.78 Å². The van der Waals surface area contributed by atoms with Gasteiger partial charge in [-0.3, -0.25) is 14.4 Å². The molecule has 1 heterocycles. The fraction of sp³-hybridized carbons (Fsp3) is 0.650. The molecular formula is C20H35N7O5S2. The number of carbonyl (C=O) groups is 4. The van der Waals surface area contributed by atoms with Crippen LogP contribution in [0.25, 0.3) is 0 Å². The lowest BCUT2D eigenvalue weighted by atomic mass is 10.1. The Balaban J connectivity index is 2.98. The lowest BCUT2D eigenvalue weighted by molar-refractivity contribution is -0.141. The van der Waals surface area contributed by atoms with E-state index in [4.69, 9.17) is 11.5 Å². The molecule has 12 nitrogen and oxygen atoms in total. The highest BCUT2D eigenvalue weighted by atomic mass is 32.2. The summed E-state index contributed by atoms with van der Waals surface area (Å²) in [6, 6.07) is -4.05. The van der Waals surface area contributed by atoms with Gasteiger partial charge in [-0.05, 0) is 44.2 Å². The van der Waals surface area contributed by atoms with E-state index in [1.54, 1.807) is 11.8 Å². The van der Waals surface area contributed by atoms with E-state index >= 15 is 0 Å². The standard InChI is InChI=1S/C20H35N7O5S2/c1-34-7-5-13(22)17(28)26-15(8-12-9-23-11-24-12)19(30)25-14(4-2-3-6-21)18(29)27-16(10-33)20(31)32/h9,11,13-16,33H,2-8,10,21-22H2,1H3,(H,23,24)(H,25,30)(H,26,28)(H,27,29)(H,31,32). The average Bonchev–Trinajstić information content (AvgIpc) is 3.32. The van der Waals surface area contributed by atoms with Crippen LogP contribution in [0.5, 0.6) is 0 Å². The predicted octanol–water partition coefficient (Wildman–Crippen LogP) is -1.37. The topological polar surface area (TPSA) is 205 Å². The first kappa shape index (κ1) is 29.7. The van der Waals surface area contributed by atoms with Crippen molar-refractivity contribution in [3.63, 3.8) is 0 Å². The molecule has 1 aromatic heterocycles. The summed E-state index contributed by atoms with van der Waals surface area (Å²) >= 11 is 5.50. The van der Waals surface area contributed by atoms with Crippen LogP contribution in [0.1, 0.15) is 31.4 Å². The van der Waals surface area contributed by atoms with Crippen molar-refractivity contribution >= 4 is 48.1 Å². The third-order valence-electron chi connectivity index (χ3n) is 4.96. The van der Waals surface area contributed by atoms with Crippen molar-refractivity contribution in [2.24, 2.45) is 11.5 Å². The normalized spacial score (nSPS) is 14.5. The van der Waals surface area contributed by atoms with Gasteiger partial charge in [0.15, 0.2) is 0 Å². The highest BCUT2D eigenvalue weighted by Gasteiger charge is 2.30. The molecule has 0 radical (unpaired) electrons. The molecule has 192 valence electrons. The zero-order chi connectivity index (χ0) is 25.5. The van der Waals surface area contributed by atoms with Crippen molar-refractivity contribution in [3.05, 3.63) is 18.2 Å². The number of thiol groups is 1. The smallest absolute Gasteiger partial charge is 0.327 e. The molecule has 1 rings (SSSR count). The first-order valence-electron chi connectivity index (χ1n) is 10.9. The molecule has 1 aromatic rings. The van der Waals surface area contributed by atoms with E-state index in [2.05, 4.69) is 38.5 Å². The molecule has 14 heteroatoms. The van der Waals surface area contributed by atoms with Crippen LogP contribution in [0.15, 0.2) is 12.5 Å². The van der Waals surface area contributed by atoms with Gasteiger partial charge in [0.05, 0.1) is 12.4 Å². The molecule has 0 bridgehead atoms. The first-order valence-corrected chi connectivity index (χ1v) is 12.9. The van der Waals surface area contributed by atoms with Gasteiger partial charge in [-0.1, -0.05) is 0 Å². The zero-order valence-corrected chi connectivity index (χ0v) is 20.9. The summed E-state index contributed by atoms with van der Waals surface area (Å²) < 4.78 is 0. The van der Waals surface area contributed by atoms with Gasteiger partial charge in [-0.15, -0.1) is 0 Å². The van der Waals surface area contributed by atoms with E-state index in [-0.39, 0.29) is 18.6 Å². The molecule has 0 spiro atoms. The van der Waals surface area contributed by atoms with Crippen molar-refractivity contribution in [1.82, 2.24) is 25.9 Å². The largest absolute Gasteiger partial charge is 0.480 e. The Morgan fingerprint density at radius 2 is 1.74 bits per heavy atom. The number of carbonyl (C=O) groups excluding carboxylic acids is 3. The van der Waals surface area contributed by atoms with E-state index in [9.17, 15) is 24.3 Å². The third-order valence-corrected chi connectivity index (χ3v) is 5.97. The summed E-state index contributed by atoms with van der Waals surface area (Å²) in [6.07, 6.45) is 6.80. The molecule has 0 aliphatic rings. The molecule has 0 fully saturated rings. The number of thioether (sulfide) groups is 1. The maximum Gasteiger partial charge on any atom is 0.327 e. The Kier molecular flexibility index (Phi) is 14.3. The fourth-order valence-electron chi connectivity index (χ4n) is 2.97. The molecule has 0 saturated heterocycles. The molecule has 4 atom stereocenters. The molecule has 0 saturated carbocycles. The number of unbranched alkanes of at least 4 members (excludes halogenated alkanes) is 1. The van der Waals surface area contributed by atoms with Crippen LogP contribution >= 0.6 is 24.4 Å². The molecule has 34 heavy (non-hydrogen) atoms. The number of aliphatic carboxylic acids is 1. The van der Waals surface area contributed by atoms with Crippen LogP contribution in [0.2, 0.25) is 0 Å². The fourth-order valence-corrected chi connectivity index (χ4v) is 3.71. The number of rotatable bonds is 17. The summed E-state index contributed by atoms with van der Waals surface area (Å²) in [5.74, 6) is -2.42. The van der Waals surface area contributed by atoms with Crippen LogP contribution in [-0.4, -0.2) is 87.2 Å². The van der Waals surface area contributed by atoms with E-state index in [1.807, 2.05) is 6.26 Å². The summed E-state index contributed by atoms with van der Waals surface area (Å²) in [7, 11) is 0. The number of hydrogen-bond donors (Lipinski definition) is 8. The number of carboxylic acids is 1. The van der Waals surface area contributed by atoms with Crippen molar-refractivity contribution < 1.29 is 24.3 Å². The molecule has 9 N–H and O–H groups in total. The van der Waals surface area contributed by atoms with E-state index in [0.29, 0.717) is 37.3 Å². The molecule has 3 amide bonds. The van der Waals surface area contributed by atoms with Crippen LogP contribution in [0.4, 0.5) is 0 Å². The number of nitrogens with two attached hydrogens (primary N) is 2. The molecular weight excluding hydrogens is 482 g/mol. The molecule has 4 unspecified atom stereocenters. The van der Waals surface area contributed by atoms with Gasteiger partial charge in [0.2, 0.25) is 17.7 Å². The van der Waals surface area contributed by atoms with Crippen molar-refractivity contribution in [2.45, 2.75) is 56.3 Å². The number of nitrogens with one attached hydrogen (secondary N) is 4. The van der Waals surface area contributed by atoms with Crippen molar-refractivity contribution in [3.8, 4) is 0 Å². The molecule has 0 aliphatic heterocycles. The van der Waals surface area contributed by atoms with Gasteiger partial charge in [0.1, 0.15) is 18.1 Å². The van der Waals surface area contributed by atoms with Crippen LogP contribution in [-0.2, 0) is 25.6 Å². The van der Waals surface area contributed by atoms with E-state index < -0.39 is 47.9 Å². The minimum atomic E-state index is -1.24. The Morgan fingerprint density at radius 1 is 1.09 bits per heavy atom. The lowest BCUT2D eigenvalue weighted by Crippen LogP contribution is -2.57. The maximum atomic E-state index is 13.1. The summed E-state index contributed by atoms with van der Waals surface area (Å²) in [5, 5.41) is 16.9. The van der Waals surface area contributed by atoms with Crippen LogP contribution < -0.4 is 27.4 Å². The highest BCUT2D eigenvalue weighted by Crippen LogP contribution is 2.06. The van der Waals surface area contributed by atoms with Crippen molar-refractivity contribution in [1.29, 1.82) is 0 Å². The maximum absolute atomic E-state index is 13.1. The Morgan fingerprint density at radius 3 is 2.29 bits per heavy atom. The third kappa shape index (κ3) is 10.8. The van der Waals surface area contributed by atoms with Gasteiger partial charge in [0.25, 0.3) is 0 Å². The number of nitrogens with zero attached hydrogens (tertiary/aromatic N) is 1. The Labute approximate surface area is 208 Å². The second-order valence-electron chi connectivity index (χ2n) is 7.66. The second kappa shape index (κ2) is 16.4. The van der Waals surface area contributed by atoms with Crippen LogP contribution in [0.3, 0.4) is 0 Å². The van der Waals surface area contributed by atoms with Gasteiger partial charge >= 0.3 is 5.97 Å². The van der Waals surface area contributed by atoms with Crippen molar-refractivity contribution in [2.75, 3.05) is 24.3 Å². The first-order chi connectivity index (χ1) is 16.2. The summed E-state index contributed by atoms with van der Waals surface area (Å²) in [5.41, 5.74) is 12.1. The number of H-pyrrole nitrogens is 1. The molecule has 0 aliphatic carbocycles. The second-order valence-corrected chi connectivity index (χ2v) is 9.01. The summed E-state index contributed by atoms with van der Waals surface area (Å²) in [6.45, 7) is 0.406. The zero-order valence-electron chi connectivity index (χ0n) is 19.2. The number of imidazole rings is 1. The Bertz CT molecular complexity index is 781. The quantitative estimate of drug-likeness (QED) is 0.0905. The van der Waals surface area contributed by atoms with Gasteiger partial charge in [0, 0.05) is 24.1 Å². The Hall–Kier alpha value is -2.29. The number of hydrogen-bond acceptors (Lipinski definition) is 9. The predicted molar refractivity (Wildman–Crippen MR) is 133 cm³/mol. The number of aromatic nitrogens is 2. The van der Waals surface area contributed by atoms with Gasteiger partial charge < -0.3 is 37.5 Å². The minimum absolute atomic E-state index is 0.0956. The van der Waals surface area contributed by atoms with E-state index in [0.717, 1.165) is 0 Å². The molecule has 0 aromatic carbocycles. The van der Waals surface area contributed by atoms with E-state index in [1.165, 1.54) is 12.5 Å². The minimum Gasteiger partial charge on any atom is -0.480 e. The SMILES string of the molecule is CSCCC(N)C(=O)NC(Cc1cnc[nH]1)C(=O)NC(CCCCN)C(=O)NC(CS)C(=O)O. The average molecular weight is 518 g/mol. The monoisotopic (exact) mass is 517 g/mol. The number of aromatic amines is 1.